The van der Waals surface area contributed by atoms with Gasteiger partial charge in [-0.15, -0.1) is 0 Å². The Morgan fingerprint density at radius 3 is 2.50 bits per heavy atom. The molecule has 0 saturated carbocycles. The number of anilines is 1. The van der Waals surface area contributed by atoms with Crippen LogP contribution in [0.2, 0.25) is 0 Å². The van der Waals surface area contributed by atoms with Crippen molar-refractivity contribution in [3.63, 3.8) is 0 Å². The van der Waals surface area contributed by atoms with Crippen LogP contribution in [-0.2, 0) is 13.5 Å². The predicted molar refractivity (Wildman–Crippen MR) is 63.6 cm³/mol. The average molecular weight is 219 g/mol. The molecule has 2 aromatic heterocycles. The van der Waals surface area contributed by atoms with Crippen LogP contribution in [0, 0.1) is 13.8 Å². The maximum atomic E-state index is 6.09. The SMILES string of the molecule is CCc1nn(C)c(-n2cnc(C)c2C)c1N. The van der Waals surface area contributed by atoms with Crippen molar-refractivity contribution in [3.8, 4) is 5.82 Å². The monoisotopic (exact) mass is 219 g/mol. The first kappa shape index (κ1) is 10.7. The van der Waals surface area contributed by atoms with E-state index in [0.717, 1.165) is 35.0 Å². The number of aryl methyl sites for hydroxylation is 3. The number of hydrogen-bond donors (Lipinski definition) is 1. The van der Waals surface area contributed by atoms with Crippen molar-refractivity contribution in [1.82, 2.24) is 19.3 Å². The van der Waals surface area contributed by atoms with Gasteiger partial charge in [0.1, 0.15) is 6.33 Å². The molecule has 0 radical (unpaired) electrons. The molecule has 0 aromatic carbocycles. The van der Waals surface area contributed by atoms with Gasteiger partial charge >= 0.3 is 0 Å². The van der Waals surface area contributed by atoms with E-state index in [2.05, 4.69) is 17.0 Å². The Balaban J connectivity index is 2.64. The summed E-state index contributed by atoms with van der Waals surface area (Å²) in [7, 11) is 1.90. The molecule has 2 rings (SSSR count). The molecule has 0 aliphatic heterocycles. The lowest BCUT2D eigenvalue weighted by Crippen LogP contribution is -2.05. The fourth-order valence-corrected chi connectivity index (χ4v) is 1.84. The third-order valence-corrected chi connectivity index (χ3v) is 2.94. The number of nitrogens with zero attached hydrogens (tertiary/aromatic N) is 4. The molecular formula is C11H17N5. The zero-order valence-electron chi connectivity index (χ0n) is 10.2. The minimum absolute atomic E-state index is 0.741. The van der Waals surface area contributed by atoms with Crippen molar-refractivity contribution in [3.05, 3.63) is 23.4 Å². The fraction of sp³-hybridized carbons (Fsp3) is 0.455. The van der Waals surface area contributed by atoms with Crippen LogP contribution >= 0.6 is 0 Å². The van der Waals surface area contributed by atoms with E-state index in [1.54, 1.807) is 6.33 Å². The molecule has 2 aromatic rings. The van der Waals surface area contributed by atoms with Crippen LogP contribution in [0.5, 0.6) is 0 Å². The topological polar surface area (TPSA) is 61.7 Å². The zero-order valence-corrected chi connectivity index (χ0v) is 10.2. The second-order valence-electron chi connectivity index (χ2n) is 3.95. The third kappa shape index (κ3) is 1.39. The minimum atomic E-state index is 0.741. The van der Waals surface area contributed by atoms with E-state index in [4.69, 9.17) is 5.73 Å². The quantitative estimate of drug-likeness (QED) is 0.829. The number of rotatable bonds is 2. The number of aromatic nitrogens is 4. The molecule has 2 heterocycles. The summed E-state index contributed by atoms with van der Waals surface area (Å²) >= 11 is 0. The number of imidazole rings is 1. The van der Waals surface area contributed by atoms with Crippen LogP contribution in [0.15, 0.2) is 6.33 Å². The van der Waals surface area contributed by atoms with Gasteiger partial charge in [-0.05, 0) is 20.3 Å². The van der Waals surface area contributed by atoms with Gasteiger partial charge in [0.05, 0.1) is 17.1 Å². The van der Waals surface area contributed by atoms with Gasteiger partial charge in [-0.2, -0.15) is 5.10 Å². The summed E-state index contributed by atoms with van der Waals surface area (Å²) in [4.78, 5) is 4.28. The molecule has 0 fully saturated rings. The lowest BCUT2D eigenvalue weighted by Gasteiger charge is -2.06. The van der Waals surface area contributed by atoms with Crippen LogP contribution in [-0.4, -0.2) is 19.3 Å². The lowest BCUT2D eigenvalue weighted by atomic mass is 10.3. The maximum absolute atomic E-state index is 6.09. The van der Waals surface area contributed by atoms with E-state index >= 15 is 0 Å². The third-order valence-electron chi connectivity index (χ3n) is 2.94. The van der Waals surface area contributed by atoms with Gasteiger partial charge in [-0.25, -0.2) is 9.67 Å². The number of hydrogen-bond acceptors (Lipinski definition) is 3. The summed E-state index contributed by atoms with van der Waals surface area (Å²) in [5, 5.41) is 4.40. The Morgan fingerprint density at radius 1 is 1.38 bits per heavy atom. The summed E-state index contributed by atoms with van der Waals surface area (Å²) in [5.74, 6) is 0.898. The van der Waals surface area contributed by atoms with Crippen molar-refractivity contribution in [2.45, 2.75) is 27.2 Å². The molecule has 86 valence electrons. The highest BCUT2D eigenvalue weighted by atomic mass is 15.3. The van der Waals surface area contributed by atoms with Crippen molar-refractivity contribution in [2.24, 2.45) is 7.05 Å². The van der Waals surface area contributed by atoms with E-state index in [1.165, 1.54) is 0 Å². The van der Waals surface area contributed by atoms with E-state index in [9.17, 15) is 0 Å². The average Bonchev–Trinajstić information content (AvgIpc) is 2.71. The van der Waals surface area contributed by atoms with Crippen LogP contribution in [0.1, 0.15) is 24.0 Å². The smallest absolute Gasteiger partial charge is 0.160 e. The summed E-state index contributed by atoms with van der Waals surface area (Å²) in [5.41, 5.74) is 9.88. The fourth-order valence-electron chi connectivity index (χ4n) is 1.84. The van der Waals surface area contributed by atoms with Gasteiger partial charge in [0.25, 0.3) is 0 Å². The van der Waals surface area contributed by atoms with Crippen molar-refractivity contribution in [1.29, 1.82) is 0 Å². The van der Waals surface area contributed by atoms with Crippen molar-refractivity contribution in [2.75, 3.05) is 5.73 Å². The molecule has 0 saturated heterocycles. The first-order chi connectivity index (χ1) is 7.56. The van der Waals surface area contributed by atoms with E-state index in [-0.39, 0.29) is 0 Å². The van der Waals surface area contributed by atoms with E-state index in [1.807, 2.05) is 30.1 Å². The molecule has 0 amide bonds. The standard InChI is InChI=1S/C11H17N5/c1-5-9-10(12)11(15(4)14-9)16-6-13-7(2)8(16)3/h6H,5,12H2,1-4H3. The van der Waals surface area contributed by atoms with Crippen molar-refractivity contribution < 1.29 is 0 Å². The minimum Gasteiger partial charge on any atom is -0.394 e. The largest absolute Gasteiger partial charge is 0.394 e. The van der Waals surface area contributed by atoms with Gasteiger partial charge in [0, 0.05) is 12.7 Å². The molecular weight excluding hydrogens is 202 g/mol. The Kier molecular flexibility index (Phi) is 2.46. The molecule has 0 bridgehead atoms. The summed E-state index contributed by atoms with van der Waals surface area (Å²) in [6, 6.07) is 0. The van der Waals surface area contributed by atoms with Gasteiger partial charge in [-0.1, -0.05) is 6.92 Å². The van der Waals surface area contributed by atoms with Gasteiger partial charge in [0.15, 0.2) is 5.82 Å². The molecule has 0 unspecified atom stereocenters. The maximum Gasteiger partial charge on any atom is 0.160 e. The lowest BCUT2D eigenvalue weighted by molar-refractivity contribution is 0.711. The molecule has 5 nitrogen and oxygen atoms in total. The van der Waals surface area contributed by atoms with Gasteiger partial charge in [-0.3, -0.25) is 4.57 Å². The van der Waals surface area contributed by atoms with Crippen molar-refractivity contribution >= 4 is 5.69 Å². The Bertz CT molecular complexity index is 521. The molecule has 0 aliphatic carbocycles. The predicted octanol–water partition coefficient (Wildman–Crippen LogP) is 1.37. The Labute approximate surface area is 94.9 Å². The molecule has 16 heavy (non-hydrogen) atoms. The zero-order chi connectivity index (χ0) is 11.9. The second kappa shape index (κ2) is 3.66. The van der Waals surface area contributed by atoms with Crippen LogP contribution < -0.4 is 5.73 Å². The molecule has 0 aliphatic rings. The van der Waals surface area contributed by atoms with Crippen LogP contribution in [0.25, 0.3) is 5.82 Å². The highest BCUT2D eigenvalue weighted by Crippen LogP contribution is 2.23. The first-order valence-corrected chi connectivity index (χ1v) is 5.38. The summed E-state index contributed by atoms with van der Waals surface area (Å²) < 4.78 is 3.79. The summed E-state index contributed by atoms with van der Waals surface area (Å²) in [6.45, 7) is 6.06. The normalized spacial score (nSPS) is 11.0. The van der Waals surface area contributed by atoms with Crippen LogP contribution in [0.4, 0.5) is 5.69 Å². The Morgan fingerprint density at radius 2 is 2.06 bits per heavy atom. The molecule has 5 heteroatoms. The number of nitrogens with two attached hydrogens (primary N) is 1. The highest BCUT2D eigenvalue weighted by Gasteiger charge is 2.15. The molecule has 0 spiro atoms. The molecule has 2 N–H and O–H groups in total. The van der Waals surface area contributed by atoms with Gasteiger partial charge in [0.2, 0.25) is 0 Å². The first-order valence-electron chi connectivity index (χ1n) is 5.38. The van der Waals surface area contributed by atoms with Crippen LogP contribution in [0.3, 0.4) is 0 Å². The van der Waals surface area contributed by atoms with E-state index < -0.39 is 0 Å². The summed E-state index contributed by atoms with van der Waals surface area (Å²) in [6.07, 6.45) is 2.63. The highest BCUT2D eigenvalue weighted by molar-refractivity contribution is 5.58. The Hall–Kier alpha value is -1.78. The molecule has 0 atom stereocenters. The van der Waals surface area contributed by atoms with Gasteiger partial charge < -0.3 is 5.73 Å². The van der Waals surface area contributed by atoms with E-state index in [0.29, 0.717) is 0 Å². The number of nitrogen functional groups attached to an aromatic ring is 1. The second-order valence-corrected chi connectivity index (χ2v) is 3.95.